The van der Waals surface area contributed by atoms with Crippen LogP contribution in [0.15, 0.2) is 12.3 Å². The van der Waals surface area contributed by atoms with E-state index in [2.05, 4.69) is 36.1 Å². The third-order valence-corrected chi connectivity index (χ3v) is 4.48. The lowest BCUT2D eigenvalue weighted by Crippen LogP contribution is -2.28. The Morgan fingerprint density at radius 2 is 2.10 bits per heavy atom. The lowest BCUT2D eigenvalue weighted by atomic mass is 10.0. The molecule has 0 aliphatic heterocycles. The number of aromatic nitrogens is 2. The Hall–Kier alpha value is -0.830. The van der Waals surface area contributed by atoms with Crippen LogP contribution in [0.1, 0.15) is 76.9 Å². The molecule has 1 heterocycles. The molecule has 1 aromatic rings. The summed E-state index contributed by atoms with van der Waals surface area (Å²) in [4.78, 5) is 0. The molecule has 0 bridgehead atoms. The maximum atomic E-state index is 4.78. The Bertz CT molecular complexity index is 360. The van der Waals surface area contributed by atoms with Crippen LogP contribution in [0.5, 0.6) is 0 Å². The van der Waals surface area contributed by atoms with Gasteiger partial charge in [-0.25, -0.2) is 0 Å². The molecule has 0 spiro atoms. The van der Waals surface area contributed by atoms with Crippen LogP contribution in [0.2, 0.25) is 0 Å². The van der Waals surface area contributed by atoms with Gasteiger partial charge in [-0.2, -0.15) is 5.10 Å². The van der Waals surface area contributed by atoms with E-state index < -0.39 is 0 Å². The number of nitrogens with zero attached hydrogens (tertiary/aromatic N) is 2. The SMILES string of the molecule is CCCC(CCCc1ccn(C2CCCC2)n1)NCC. The van der Waals surface area contributed by atoms with Crippen molar-refractivity contribution in [3.8, 4) is 0 Å². The van der Waals surface area contributed by atoms with E-state index in [-0.39, 0.29) is 0 Å². The molecule has 1 fully saturated rings. The summed E-state index contributed by atoms with van der Waals surface area (Å²) in [5.41, 5.74) is 1.28. The maximum absolute atomic E-state index is 4.78. The second-order valence-corrected chi connectivity index (χ2v) is 6.16. The van der Waals surface area contributed by atoms with Gasteiger partial charge in [0.15, 0.2) is 0 Å². The first-order valence-corrected chi connectivity index (χ1v) is 8.61. The van der Waals surface area contributed by atoms with E-state index >= 15 is 0 Å². The minimum Gasteiger partial charge on any atom is -0.314 e. The zero-order chi connectivity index (χ0) is 14.2. The van der Waals surface area contributed by atoms with Crippen molar-refractivity contribution in [1.29, 1.82) is 0 Å². The monoisotopic (exact) mass is 277 g/mol. The number of aryl methyl sites for hydroxylation is 1. The molecule has 3 nitrogen and oxygen atoms in total. The second kappa shape index (κ2) is 8.46. The predicted octanol–water partition coefficient (Wildman–Crippen LogP) is 4.10. The van der Waals surface area contributed by atoms with E-state index in [9.17, 15) is 0 Å². The molecular formula is C17H31N3. The lowest BCUT2D eigenvalue weighted by molar-refractivity contribution is 0.441. The van der Waals surface area contributed by atoms with Gasteiger partial charge < -0.3 is 5.32 Å². The van der Waals surface area contributed by atoms with E-state index in [1.165, 1.54) is 57.1 Å². The average Bonchev–Trinajstić information content (AvgIpc) is 3.10. The van der Waals surface area contributed by atoms with Crippen molar-refractivity contribution in [2.75, 3.05) is 6.54 Å². The highest BCUT2D eigenvalue weighted by Crippen LogP contribution is 2.28. The number of hydrogen-bond donors (Lipinski definition) is 1. The fourth-order valence-electron chi connectivity index (χ4n) is 3.40. The number of rotatable bonds is 9. The molecule has 1 aliphatic rings. The summed E-state index contributed by atoms with van der Waals surface area (Å²) in [5, 5.41) is 8.37. The first-order valence-electron chi connectivity index (χ1n) is 8.61. The summed E-state index contributed by atoms with van der Waals surface area (Å²) in [6.45, 7) is 5.56. The molecule has 1 N–H and O–H groups in total. The molecule has 1 saturated carbocycles. The first-order chi connectivity index (χ1) is 9.83. The summed E-state index contributed by atoms with van der Waals surface area (Å²) in [7, 11) is 0. The van der Waals surface area contributed by atoms with Crippen molar-refractivity contribution >= 4 is 0 Å². The van der Waals surface area contributed by atoms with Crippen molar-refractivity contribution in [3.63, 3.8) is 0 Å². The van der Waals surface area contributed by atoms with Gasteiger partial charge in [-0.1, -0.05) is 33.1 Å². The van der Waals surface area contributed by atoms with E-state index in [0.717, 1.165) is 13.0 Å². The molecule has 0 saturated heterocycles. The largest absolute Gasteiger partial charge is 0.314 e. The van der Waals surface area contributed by atoms with Crippen molar-refractivity contribution in [3.05, 3.63) is 18.0 Å². The molecule has 1 aromatic heterocycles. The van der Waals surface area contributed by atoms with Crippen LogP contribution in [-0.4, -0.2) is 22.4 Å². The summed E-state index contributed by atoms with van der Waals surface area (Å²) in [6, 6.07) is 3.60. The van der Waals surface area contributed by atoms with E-state index in [0.29, 0.717) is 12.1 Å². The molecule has 3 heteroatoms. The topological polar surface area (TPSA) is 29.9 Å². The van der Waals surface area contributed by atoms with Gasteiger partial charge in [-0.3, -0.25) is 4.68 Å². The quantitative estimate of drug-likeness (QED) is 0.736. The molecule has 114 valence electrons. The standard InChI is InChI=1S/C17H31N3/c1-3-8-15(18-4-2)9-7-10-16-13-14-20(19-16)17-11-5-6-12-17/h13-15,17-18H,3-12H2,1-2H3. The Balaban J connectivity index is 1.73. The average molecular weight is 277 g/mol. The zero-order valence-corrected chi connectivity index (χ0v) is 13.3. The Labute approximate surface area is 124 Å². The number of hydrogen-bond acceptors (Lipinski definition) is 2. The Morgan fingerprint density at radius 3 is 2.80 bits per heavy atom. The fourth-order valence-corrected chi connectivity index (χ4v) is 3.40. The van der Waals surface area contributed by atoms with E-state index in [1.54, 1.807) is 0 Å². The highest BCUT2D eigenvalue weighted by atomic mass is 15.3. The van der Waals surface area contributed by atoms with Crippen LogP contribution in [0.4, 0.5) is 0 Å². The van der Waals surface area contributed by atoms with Crippen LogP contribution >= 0.6 is 0 Å². The van der Waals surface area contributed by atoms with E-state index in [1.807, 2.05) is 0 Å². The van der Waals surface area contributed by atoms with Gasteiger partial charge in [0.25, 0.3) is 0 Å². The summed E-state index contributed by atoms with van der Waals surface area (Å²) in [5.74, 6) is 0. The minimum atomic E-state index is 0.679. The van der Waals surface area contributed by atoms with Crippen LogP contribution in [0, 0.1) is 0 Å². The molecule has 1 aliphatic carbocycles. The van der Waals surface area contributed by atoms with Gasteiger partial charge in [0.05, 0.1) is 11.7 Å². The van der Waals surface area contributed by atoms with Crippen molar-refractivity contribution in [1.82, 2.24) is 15.1 Å². The summed E-state index contributed by atoms with van der Waals surface area (Å²) in [6.07, 6.45) is 13.8. The smallest absolute Gasteiger partial charge is 0.0624 e. The van der Waals surface area contributed by atoms with Crippen LogP contribution in [-0.2, 0) is 6.42 Å². The molecule has 0 amide bonds. The fraction of sp³-hybridized carbons (Fsp3) is 0.824. The van der Waals surface area contributed by atoms with Crippen LogP contribution < -0.4 is 5.32 Å². The summed E-state index contributed by atoms with van der Waals surface area (Å²) >= 11 is 0. The molecular weight excluding hydrogens is 246 g/mol. The second-order valence-electron chi connectivity index (χ2n) is 6.16. The van der Waals surface area contributed by atoms with Crippen molar-refractivity contribution < 1.29 is 0 Å². The predicted molar refractivity (Wildman–Crippen MR) is 85.0 cm³/mol. The maximum Gasteiger partial charge on any atom is 0.0624 e. The van der Waals surface area contributed by atoms with Crippen LogP contribution in [0.3, 0.4) is 0 Å². The molecule has 1 unspecified atom stereocenters. The van der Waals surface area contributed by atoms with Crippen LogP contribution in [0.25, 0.3) is 0 Å². The molecule has 0 radical (unpaired) electrons. The van der Waals surface area contributed by atoms with Gasteiger partial charge in [0.1, 0.15) is 0 Å². The summed E-state index contributed by atoms with van der Waals surface area (Å²) < 4.78 is 2.22. The number of nitrogens with one attached hydrogen (secondary N) is 1. The van der Waals surface area contributed by atoms with Gasteiger partial charge in [0, 0.05) is 12.2 Å². The lowest BCUT2D eigenvalue weighted by Gasteiger charge is -2.16. The molecule has 2 rings (SSSR count). The van der Waals surface area contributed by atoms with Gasteiger partial charge in [-0.15, -0.1) is 0 Å². The van der Waals surface area contributed by atoms with Crippen molar-refractivity contribution in [2.45, 2.75) is 83.7 Å². The third-order valence-electron chi connectivity index (χ3n) is 4.48. The van der Waals surface area contributed by atoms with Gasteiger partial charge in [0.2, 0.25) is 0 Å². The zero-order valence-electron chi connectivity index (χ0n) is 13.3. The van der Waals surface area contributed by atoms with Gasteiger partial charge >= 0.3 is 0 Å². The Morgan fingerprint density at radius 1 is 1.30 bits per heavy atom. The first kappa shape index (κ1) is 15.6. The minimum absolute atomic E-state index is 0.679. The Kier molecular flexibility index (Phi) is 6.58. The third kappa shape index (κ3) is 4.62. The molecule has 1 atom stereocenters. The highest BCUT2D eigenvalue weighted by Gasteiger charge is 2.17. The van der Waals surface area contributed by atoms with E-state index in [4.69, 9.17) is 5.10 Å². The van der Waals surface area contributed by atoms with Gasteiger partial charge in [-0.05, 0) is 51.1 Å². The van der Waals surface area contributed by atoms with Crippen molar-refractivity contribution in [2.24, 2.45) is 0 Å². The molecule has 0 aromatic carbocycles. The molecule has 20 heavy (non-hydrogen) atoms. The normalized spacial score (nSPS) is 17.7. The highest BCUT2D eigenvalue weighted by molar-refractivity contribution is 5.00.